The minimum absolute atomic E-state index is 0.00181. The molecule has 0 bridgehead atoms. The third-order valence-electron chi connectivity index (χ3n) is 2.33. The second-order valence-electron chi connectivity index (χ2n) is 3.11. The van der Waals surface area contributed by atoms with E-state index >= 15 is 0 Å². The second kappa shape index (κ2) is 2.16. The molecule has 0 aromatic rings. The molecule has 1 N–H and O–H groups in total. The van der Waals surface area contributed by atoms with Crippen LogP contribution in [0.4, 0.5) is 0 Å². The molecule has 1 atom stereocenters. The number of carbonyl (C=O) groups is 1. The van der Waals surface area contributed by atoms with E-state index in [-0.39, 0.29) is 12.4 Å². The van der Waals surface area contributed by atoms with Gasteiger partial charge in [-0.1, -0.05) is 0 Å². The van der Waals surface area contributed by atoms with Crippen molar-refractivity contribution in [3.8, 4) is 0 Å². The van der Waals surface area contributed by atoms with Crippen LogP contribution >= 0.6 is 0 Å². The van der Waals surface area contributed by atoms with E-state index in [0.717, 1.165) is 18.4 Å². The molecule has 1 fully saturated rings. The molecule has 1 aliphatic carbocycles. The van der Waals surface area contributed by atoms with Crippen LogP contribution in [-0.4, -0.2) is 29.7 Å². The van der Waals surface area contributed by atoms with E-state index in [9.17, 15) is 4.79 Å². The van der Waals surface area contributed by atoms with Gasteiger partial charge in [0.15, 0.2) is 11.4 Å². The summed E-state index contributed by atoms with van der Waals surface area (Å²) in [6.07, 6.45) is 3.07. The lowest BCUT2D eigenvalue weighted by Crippen LogP contribution is -2.27. The maximum Gasteiger partial charge on any atom is 0.189 e. The number of carbonyl (C=O) groups excluding carboxylic acids is 1. The van der Waals surface area contributed by atoms with Gasteiger partial charge in [-0.3, -0.25) is 4.79 Å². The van der Waals surface area contributed by atoms with Crippen molar-refractivity contribution in [3.63, 3.8) is 0 Å². The Morgan fingerprint density at radius 1 is 1.73 bits per heavy atom. The molecule has 11 heavy (non-hydrogen) atoms. The fraction of sp³-hybridized carbons (Fsp3) is 0.625. The Kier molecular flexibility index (Phi) is 1.37. The van der Waals surface area contributed by atoms with Crippen molar-refractivity contribution in [2.45, 2.75) is 18.4 Å². The summed E-state index contributed by atoms with van der Waals surface area (Å²) >= 11 is 0. The first-order valence-corrected chi connectivity index (χ1v) is 3.75. The Bertz CT molecular complexity index is 225. The van der Waals surface area contributed by atoms with E-state index in [2.05, 4.69) is 0 Å². The lowest BCUT2D eigenvalue weighted by molar-refractivity contribution is -0.120. The van der Waals surface area contributed by atoms with Crippen LogP contribution in [0.3, 0.4) is 0 Å². The number of hydrogen-bond acceptors (Lipinski definition) is 3. The summed E-state index contributed by atoms with van der Waals surface area (Å²) in [5, 5.41) is 8.74. The van der Waals surface area contributed by atoms with E-state index in [0.29, 0.717) is 6.61 Å². The monoisotopic (exact) mass is 154 g/mol. The summed E-state index contributed by atoms with van der Waals surface area (Å²) in [5.41, 5.74) is 0.370. The molecule has 0 amide bonds. The van der Waals surface area contributed by atoms with E-state index in [1.165, 1.54) is 6.08 Å². The van der Waals surface area contributed by atoms with E-state index in [1.807, 2.05) is 0 Å². The highest BCUT2D eigenvalue weighted by molar-refractivity contribution is 6.00. The molecular formula is C8H10O3. The van der Waals surface area contributed by atoms with Gasteiger partial charge in [-0.15, -0.1) is 0 Å². The predicted octanol–water partition coefficient (Wildman–Crippen LogP) is 0.0370. The normalized spacial score (nSPS) is 35.7. The van der Waals surface area contributed by atoms with Gasteiger partial charge in [0.1, 0.15) is 0 Å². The Labute approximate surface area is 64.7 Å². The highest BCUT2D eigenvalue weighted by Gasteiger charge is 2.51. The van der Waals surface area contributed by atoms with Gasteiger partial charge < -0.3 is 9.84 Å². The Morgan fingerprint density at radius 2 is 2.45 bits per heavy atom. The number of ketones is 1. The molecule has 0 aromatic heterocycles. The summed E-state index contributed by atoms with van der Waals surface area (Å²) in [7, 11) is 0. The summed E-state index contributed by atoms with van der Waals surface area (Å²) in [6, 6.07) is 0. The molecular weight excluding hydrogens is 144 g/mol. The van der Waals surface area contributed by atoms with E-state index in [1.54, 1.807) is 0 Å². The zero-order valence-electron chi connectivity index (χ0n) is 6.17. The van der Waals surface area contributed by atoms with Crippen LogP contribution in [0.1, 0.15) is 12.8 Å². The largest absolute Gasteiger partial charge is 0.392 e. The molecule has 1 unspecified atom stereocenters. The minimum Gasteiger partial charge on any atom is -0.392 e. The number of rotatable bonds is 1. The molecule has 1 heterocycles. The fourth-order valence-electron chi connectivity index (χ4n) is 1.37. The van der Waals surface area contributed by atoms with Gasteiger partial charge in [-0.25, -0.2) is 0 Å². The highest BCUT2D eigenvalue weighted by Crippen LogP contribution is 2.38. The third kappa shape index (κ3) is 1.01. The Morgan fingerprint density at radius 3 is 2.91 bits per heavy atom. The molecule has 1 saturated heterocycles. The summed E-state index contributed by atoms with van der Waals surface area (Å²) < 4.78 is 5.07. The highest BCUT2D eigenvalue weighted by atomic mass is 16.6. The lowest BCUT2D eigenvalue weighted by atomic mass is 9.89. The molecule has 1 aliphatic heterocycles. The van der Waals surface area contributed by atoms with Crippen molar-refractivity contribution < 1.29 is 14.6 Å². The number of aliphatic hydroxyl groups excluding tert-OH is 1. The van der Waals surface area contributed by atoms with Crippen LogP contribution < -0.4 is 0 Å². The first kappa shape index (κ1) is 7.00. The second-order valence-corrected chi connectivity index (χ2v) is 3.11. The van der Waals surface area contributed by atoms with Crippen molar-refractivity contribution in [1.29, 1.82) is 0 Å². The average Bonchev–Trinajstić information content (AvgIpc) is 2.77. The first-order valence-electron chi connectivity index (χ1n) is 3.75. The van der Waals surface area contributed by atoms with Crippen molar-refractivity contribution >= 4 is 5.78 Å². The molecule has 2 rings (SSSR count). The number of hydrogen-bond donors (Lipinski definition) is 1. The van der Waals surface area contributed by atoms with Crippen LogP contribution in [0.25, 0.3) is 0 Å². The van der Waals surface area contributed by atoms with Crippen LogP contribution in [0.2, 0.25) is 0 Å². The van der Waals surface area contributed by atoms with E-state index in [4.69, 9.17) is 9.84 Å². The van der Waals surface area contributed by atoms with Crippen molar-refractivity contribution in [2.24, 2.45) is 0 Å². The van der Waals surface area contributed by atoms with Gasteiger partial charge in [0.05, 0.1) is 13.2 Å². The third-order valence-corrected chi connectivity index (χ3v) is 2.33. The maximum absolute atomic E-state index is 11.2. The van der Waals surface area contributed by atoms with Gasteiger partial charge >= 0.3 is 0 Å². The summed E-state index contributed by atoms with van der Waals surface area (Å²) in [5.74, 6) is 0.0350. The number of epoxide rings is 1. The lowest BCUT2D eigenvalue weighted by Gasteiger charge is -2.15. The van der Waals surface area contributed by atoms with Crippen LogP contribution in [0, 0.1) is 0 Å². The SMILES string of the molecule is O=C1C=C(CO)CCC12CO2. The van der Waals surface area contributed by atoms with Crippen LogP contribution in [-0.2, 0) is 9.53 Å². The van der Waals surface area contributed by atoms with Gasteiger partial charge in [-0.2, -0.15) is 0 Å². The van der Waals surface area contributed by atoms with Gasteiger partial charge in [0, 0.05) is 0 Å². The standard InChI is InChI=1S/C8H10O3/c9-4-6-1-2-8(5-11-8)7(10)3-6/h3,9H,1-2,4-5H2. The fourth-order valence-corrected chi connectivity index (χ4v) is 1.37. The van der Waals surface area contributed by atoms with Gasteiger partial charge in [0.25, 0.3) is 0 Å². The van der Waals surface area contributed by atoms with Crippen LogP contribution in [0.15, 0.2) is 11.6 Å². The quantitative estimate of drug-likeness (QED) is 0.542. The van der Waals surface area contributed by atoms with Crippen LogP contribution in [0.5, 0.6) is 0 Å². The molecule has 0 aromatic carbocycles. The number of ether oxygens (including phenoxy) is 1. The average molecular weight is 154 g/mol. The van der Waals surface area contributed by atoms with Gasteiger partial charge in [-0.05, 0) is 24.5 Å². The van der Waals surface area contributed by atoms with Crippen molar-refractivity contribution in [1.82, 2.24) is 0 Å². The zero-order valence-corrected chi connectivity index (χ0v) is 6.17. The first-order chi connectivity index (χ1) is 5.27. The minimum atomic E-state index is -0.460. The van der Waals surface area contributed by atoms with E-state index < -0.39 is 5.60 Å². The Hall–Kier alpha value is -0.670. The molecule has 0 saturated carbocycles. The smallest absolute Gasteiger partial charge is 0.189 e. The van der Waals surface area contributed by atoms with Crippen molar-refractivity contribution in [3.05, 3.63) is 11.6 Å². The zero-order chi connectivity index (χ0) is 7.90. The molecule has 0 radical (unpaired) electrons. The molecule has 60 valence electrons. The molecule has 1 spiro atoms. The topological polar surface area (TPSA) is 49.8 Å². The molecule has 3 heteroatoms. The molecule has 2 aliphatic rings. The maximum atomic E-state index is 11.2. The number of aliphatic hydroxyl groups is 1. The van der Waals surface area contributed by atoms with Gasteiger partial charge in [0.2, 0.25) is 0 Å². The predicted molar refractivity (Wildman–Crippen MR) is 38.1 cm³/mol. The summed E-state index contributed by atoms with van der Waals surface area (Å²) in [4.78, 5) is 11.2. The molecule has 3 nitrogen and oxygen atoms in total. The summed E-state index contributed by atoms with van der Waals surface area (Å²) in [6.45, 7) is 0.572. The Balaban J connectivity index is 2.18. The van der Waals surface area contributed by atoms with Crippen molar-refractivity contribution in [2.75, 3.05) is 13.2 Å².